The third kappa shape index (κ3) is 3.55. The van der Waals surface area contributed by atoms with Gasteiger partial charge in [-0.15, -0.1) is 11.3 Å². The Morgan fingerprint density at radius 2 is 2.05 bits per heavy atom. The van der Waals surface area contributed by atoms with Gasteiger partial charge in [0.25, 0.3) is 0 Å². The molecule has 0 aliphatic rings. The van der Waals surface area contributed by atoms with Gasteiger partial charge in [0.1, 0.15) is 10.8 Å². The molecule has 0 aromatic carbocycles. The van der Waals surface area contributed by atoms with Crippen LogP contribution in [0.3, 0.4) is 0 Å². The molecule has 0 radical (unpaired) electrons. The molecule has 3 N–H and O–H groups in total. The van der Waals surface area contributed by atoms with E-state index in [0.717, 1.165) is 17.5 Å². The van der Waals surface area contributed by atoms with Crippen LogP contribution in [-0.2, 0) is 6.18 Å². The van der Waals surface area contributed by atoms with E-state index in [0.29, 0.717) is 4.34 Å². The van der Waals surface area contributed by atoms with E-state index in [4.69, 9.17) is 5.84 Å². The van der Waals surface area contributed by atoms with Crippen LogP contribution in [0.2, 0.25) is 0 Å². The lowest BCUT2D eigenvalue weighted by Gasteiger charge is -2.08. The van der Waals surface area contributed by atoms with Crippen LogP contribution in [0.25, 0.3) is 0 Å². The maximum atomic E-state index is 12.6. The summed E-state index contributed by atoms with van der Waals surface area (Å²) in [6.45, 7) is 1.80. The zero-order valence-electron chi connectivity index (χ0n) is 9.52. The standard InChI is InChI=1S/C9H8F3N5S2/c1-4-3-18-8(14-4)19-6-2-5(17-13)15-7(16-6)9(10,11)12/h2-3H,13H2,1H3,(H,15,16,17). The first kappa shape index (κ1) is 14.0. The van der Waals surface area contributed by atoms with Gasteiger partial charge in [-0.3, -0.25) is 0 Å². The van der Waals surface area contributed by atoms with Crippen molar-refractivity contribution in [2.24, 2.45) is 5.84 Å². The Morgan fingerprint density at radius 1 is 1.32 bits per heavy atom. The molecule has 0 saturated heterocycles. The normalized spacial score (nSPS) is 11.6. The number of aryl methyl sites for hydroxylation is 1. The molecule has 102 valence electrons. The summed E-state index contributed by atoms with van der Waals surface area (Å²) >= 11 is 2.36. The number of halogens is 3. The number of aromatic nitrogens is 3. The minimum absolute atomic E-state index is 0.0990. The summed E-state index contributed by atoms with van der Waals surface area (Å²) in [6, 6.07) is 1.33. The Morgan fingerprint density at radius 3 is 2.58 bits per heavy atom. The minimum atomic E-state index is -4.62. The highest BCUT2D eigenvalue weighted by atomic mass is 32.2. The molecule has 2 rings (SSSR count). The van der Waals surface area contributed by atoms with Crippen molar-refractivity contribution in [2.45, 2.75) is 22.5 Å². The van der Waals surface area contributed by atoms with Gasteiger partial charge in [-0.05, 0) is 18.7 Å². The Bertz CT molecular complexity index is 583. The molecule has 2 aromatic heterocycles. The maximum absolute atomic E-state index is 12.6. The van der Waals surface area contributed by atoms with E-state index < -0.39 is 12.0 Å². The van der Waals surface area contributed by atoms with Crippen molar-refractivity contribution >= 4 is 28.9 Å². The van der Waals surface area contributed by atoms with Crippen molar-refractivity contribution < 1.29 is 13.2 Å². The van der Waals surface area contributed by atoms with Crippen molar-refractivity contribution in [1.82, 2.24) is 15.0 Å². The van der Waals surface area contributed by atoms with Gasteiger partial charge in [0, 0.05) is 17.1 Å². The van der Waals surface area contributed by atoms with Crippen LogP contribution >= 0.6 is 23.1 Å². The molecule has 0 bridgehead atoms. The number of nitrogen functional groups attached to an aromatic ring is 1. The number of rotatable bonds is 3. The Kier molecular flexibility index (Phi) is 3.92. The van der Waals surface area contributed by atoms with Gasteiger partial charge in [0.05, 0.1) is 0 Å². The smallest absolute Gasteiger partial charge is 0.308 e. The summed E-state index contributed by atoms with van der Waals surface area (Å²) in [7, 11) is 0. The van der Waals surface area contributed by atoms with Gasteiger partial charge in [0.2, 0.25) is 5.82 Å². The first-order chi connectivity index (χ1) is 8.88. The van der Waals surface area contributed by atoms with Crippen molar-refractivity contribution in [2.75, 3.05) is 5.43 Å². The first-order valence-electron chi connectivity index (χ1n) is 4.91. The minimum Gasteiger partial charge on any atom is -0.308 e. The van der Waals surface area contributed by atoms with Gasteiger partial charge in [-0.25, -0.2) is 20.8 Å². The second-order valence-electron chi connectivity index (χ2n) is 3.41. The highest BCUT2D eigenvalue weighted by molar-refractivity contribution is 8.01. The number of nitrogens with one attached hydrogen (secondary N) is 1. The quantitative estimate of drug-likeness (QED) is 0.516. The van der Waals surface area contributed by atoms with E-state index in [1.165, 1.54) is 17.4 Å². The molecule has 0 saturated carbocycles. The zero-order valence-corrected chi connectivity index (χ0v) is 11.2. The molecule has 0 aliphatic carbocycles. The molecule has 0 atom stereocenters. The zero-order chi connectivity index (χ0) is 14.0. The number of thiazole rings is 1. The van der Waals surface area contributed by atoms with Gasteiger partial charge < -0.3 is 5.43 Å². The van der Waals surface area contributed by atoms with E-state index in [-0.39, 0.29) is 10.8 Å². The molecule has 0 amide bonds. The van der Waals surface area contributed by atoms with Gasteiger partial charge >= 0.3 is 6.18 Å². The summed E-state index contributed by atoms with van der Waals surface area (Å²) < 4.78 is 38.4. The molecular formula is C9H8F3N5S2. The molecule has 2 heterocycles. The number of nitrogens with zero attached hydrogens (tertiary/aromatic N) is 3. The summed E-state index contributed by atoms with van der Waals surface area (Å²) in [5.74, 6) is 3.76. The Balaban J connectivity index is 2.34. The van der Waals surface area contributed by atoms with Gasteiger partial charge in [-0.2, -0.15) is 13.2 Å². The monoisotopic (exact) mass is 307 g/mol. The average molecular weight is 307 g/mol. The van der Waals surface area contributed by atoms with Crippen molar-refractivity contribution in [3.05, 3.63) is 23.0 Å². The fourth-order valence-corrected chi connectivity index (χ4v) is 2.93. The maximum Gasteiger partial charge on any atom is 0.451 e. The number of nitrogens with two attached hydrogens (primary N) is 1. The summed E-state index contributed by atoms with van der Waals surface area (Å²) in [5.41, 5.74) is 2.89. The molecule has 5 nitrogen and oxygen atoms in total. The Labute approximate surface area is 114 Å². The highest BCUT2D eigenvalue weighted by Gasteiger charge is 2.35. The summed E-state index contributed by atoms with van der Waals surface area (Å²) in [5, 5.41) is 1.93. The number of hydrogen-bond acceptors (Lipinski definition) is 7. The van der Waals surface area contributed by atoms with E-state index in [1.54, 1.807) is 12.3 Å². The molecule has 0 spiro atoms. The van der Waals surface area contributed by atoms with Crippen LogP contribution in [0.1, 0.15) is 11.5 Å². The van der Waals surface area contributed by atoms with E-state index in [9.17, 15) is 13.2 Å². The number of alkyl halides is 3. The van der Waals surface area contributed by atoms with Crippen LogP contribution < -0.4 is 11.3 Å². The van der Waals surface area contributed by atoms with Crippen LogP contribution in [0.15, 0.2) is 20.8 Å². The van der Waals surface area contributed by atoms with E-state index in [2.05, 4.69) is 20.4 Å². The fourth-order valence-electron chi connectivity index (χ4n) is 1.15. The number of hydrogen-bond donors (Lipinski definition) is 2. The molecule has 0 aliphatic heterocycles. The Hall–Kier alpha value is -1.39. The van der Waals surface area contributed by atoms with Crippen molar-refractivity contribution in [3.63, 3.8) is 0 Å². The molecule has 10 heteroatoms. The largest absolute Gasteiger partial charge is 0.451 e. The predicted octanol–water partition coefficient (Wildman–Crippen LogP) is 2.70. The van der Waals surface area contributed by atoms with Crippen LogP contribution in [0, 0.1) is 6.92 Å². The lowest BCUT2D eigenvalue weighted by molar-refractivity contribution is -0.145. The second kappa shape index (κ2) is 5.31. The van der Waals surface area contributed by atoms with Crippen LogP contribution in [-0.4, -0.2) is 15.0 Å². The van der Waals surface area contributed by atoms with Crippen molar-refractivity contribution in [3.8, 4) is 0 Å². The second-order valence-corrected chi connectivity index (χ2v) is 5.54. The van der Waals surface area contributed by atoms with Crippen LogP contribution in [0.4, 0.5) is 19.0 Å². The van der Waals surface area contributed by atoms with E-state index in [1.807, 2.05) is 0 Å². The predicted molar refractivity (Wildman–Crippen MR) is 65.8 cm³/mol. The van der Waals surface area contributed by atoms with Crippen molar-refractivity contribution in [1.29, 1.82) is 0 Å². The highest BCUT2D eigenvalue weighted by Crippen LogP contribution is 2.33. The topological polar surface area (TPSA) is 76.7 Å². The lowest BCUT2D eigenvalue weighted by atomic mass is 10.5. The van der Waals surface area contributed by atoms with E-state index >= 15 is 0 Å². The molecule has 0 unspecified atom stereocenters. The van der Waals surface area contributed by atoms with Gasteiger partial charge in [0.15, 0.2) is 4.34 Å². The summed E-state index contributed by atoms with van der Waals surface area (Å²) in [6.07, 6.45) is -4.62. The first-order valence-corrected chi connectivity index (χ1v) is 6.61. The molecular weight excluding hydrogens is 299 g/mol. The molecule has 2 aromatic rings. The average Bonchev–Trinajstić information content (AvgIpc) is 2.73. The lowest BCUT2D eigenvalue weighted by Crippen LogP contribution is -2.16. The third-order valence-electron chi connectivity index (χ3n) is 1.89. The fraction of sp³-hybridized carbons (Fsp3) is 0.222. The molecule has 0 fully saturated rings. The SMILES string of the molecule is Cc1csc(Sc2cc(NN)nc(C(F)(F)F)n2)n1. The summed E-state index contributed by atoms with van der Waals surface area (Å²) in [4.78, 5) is 10.9. The number of hydrazine groups is 1. The third-order valence-corrected chi connectivity index (χ3v) is 3.87. The molecule has 19 heavy (non-hydrogen) atoms. The van der Waals surface area contributed by atoms with Gasteiger partial charge in [-0.1, -0.05) is 0 Å². The van der Waals surface area contributed by atoms with Crippen LogP contribution in [0.5, 0.6) is 0 Å². The number of anilines is 1.